The van der Waals surface area contributed by atoms with Gasteiger partial charge in [0.05, 0.1) is 17.8 Å². The summed E-state index contributed by atoms with van der Waals surface area (Å²) in [6, 6.07) is 13.8. The Kier molecular flexibility index (Phi) is 8.47. The molecule has 0 radical (unpaired) electrons. The number of hydrogen-bond acceptors (Lipinski definition) is 5. The molecule has 10 heteroatoms. The Balaban J connectivity index is 1.17. The number of hydrogen-bond donors (Lipinski definition) is 1. The zero-order valence-electron chi connectivity index (χ0n) is 21.5. The van der Waals surface area contributed by atoms with Crippen LogP contribution in [0.2, 0.25) is 5.02 Å². The molecule has 1 N–H and O–H groups in total. The number of nitrogens with one attached hydrogen (secondary N) is 1. The van der Waals surface area contributed by atoms with Crippen LogP contribution in [0.3, 0.4) is 0 Å². The monoisotopic (exact) mass is 549 g/mol. The third-order valence-electron chi connectivity index (χ3n) is 7.93. The number of piperazine rings is 2. The van der Waals surface area contributed by atoms with Gasteiger partial charge in [0.1, 0.15) is 0 Å². The van der Waals surface area contributed by atoms with Crippen LogP contribution < -0.4 is 10.2 Å². The van der Waals surface area contributed by atoms with Crippen molar-refractivity contribution in [1.82, 2.24) is 14.7 Å². The van der Waals surface area contributed by atoms with E-state index in [0.29, 0.717) is 48.5 Å². The number of nitrogens with zero attached hydrogens (tertiary/aromatic N) is 4. The smallest absolute Gasteiger partial charge is 0.367 e. The van der Waals surface area contributed by atoms with Crippen LogP contribution in [-0.2, 0) is 6.54 Å². The first-order chi connectivity index (χ1) is 18.2. The van der Waals surface area contributed by atoms with E-state index in [4.69, 9.17) is 11.6 Å². The summed E-state index contributed by atoms with van der Waals surface area (Å²) in [7, 11) is 0. The van der Waals surface area contributed by atoms with E-state index in [2.05, 4.69) is 20.0 Å². The van der Waals surface area contributed by atoms with Gasteiger partial charge in [0, 0.05) is 75.5 Å². The van der Waals surface area contributed by atoms with Crippen LogP contribution in [-0.4, -0.2) is 91.7 Å². The Labute approximate surface area is 227 Å². The first kappa shape index (κ1) is 27.2. The molecule has 3 saturated heterocycles. The number of benzene rings is 2. The summed E-state index contributed by atoms with van der Waals surface area (Å²) in [6.45, 7) is 7.61. The third-order valence-corrected chi connectivity index (χ3v) is 8.16. The average Bonchev–Trinajstić information content (AvgIpc) is 3.37. The van der Waals surface area contributed by atoms with Crippen LogP contribution in [0.15, 0.2) is 42.5 Å². The van der Waals surface area contributed by atoms with Crippen molar-refractivity contribution in [1.29, 1.82) is 0 Å². The second-order valence-electron chi connectivity index (χ2n) is 10.6. The highest BCUT2D eigenvalue weighted by Crippen LogP contribution is 2.31. The van der Waals surface area contributed by atoms with Gasteiger partial charge in [-0.2, -0.15) is 13.2 Å². The fraction of sp³-hybridized carbons (Fsp3) is 0.536. The van der Waals surface area contributed by atoms with Crippen molar-refractivity contribution in [3.63, 3.8) is 0 Å². The van der Waals surface area contributed by atoms with E-state index in [9.17, 15) is 18.0 Å². The number of alkyl halides is 3. The largest absolute Gasteiger partial charge is 0.390 e. The summed E-state index contributed by atoms with van der Waals surface area (Å²) < 4.78 is 37.8. The molecule has 3 aliphatic rings. The Morgan fingerprint density at radius 1 is 0.947 bits per heavy atom. The quantitative estimate of drug-likeness (QED) is 0.529. The van der Waals surface area contributed by atoms with Crippen molar-refractivity contribution in [2.24, 2.45) is 0 Å². The minimum absolute atomic E-state index is 0.00323. The van der Waals surface area contributed by atoms with Crippen molar-refractivity contribution in [3.8, 4) is 0 Å². The fourth-order valence-electron chi connectivity index (χ4n) is 5.78. The number of anilines is 2. The molecule has 3 heterocycles. The van der Waals surface area contributed by atoms with Gasteiger partial charge in [0.2, 0.25) is 0 Å². The van der Waals surface area contributed by atoms with Crippen molar-refractivity contribution >= 4 is 28.9 Å². The molecule has 0 aliphatic carbocycles. The van der Waals surface area contributed by atoms with Gasteiger partial charge in [0.25, 0.3) is 5.91 Å². The van der Waals surface area contributed by atoms with Crippen LogP contribution in [0.25, 0.3) is 0 Å². The SMILES string of the molecule is O=C(Nc1ccc(Cl)cc1N1CCN(CCC(F)(F)F)CC1)c1ccc(CN2CCN3CCC[C@H]3C2)cc1. The van der Waals surface area contributed by atoms with Crippen LogP contribution in [0.5, 0.6) is 0 Å². The standard InChI is InChI=1S/C28H35ClF3N5O/c29-23-7-8-25(26(18-23)37-16-12-34(13-17-37)11-9-28(30,31)32)33-27(38)22-5-3-21(4-6-22)19-35-14-15-36-10-1-2-24(36)20-35/h3-8,18,24H,1-2,9-17,19-20H2,(H,33,38)/t24-/m0/s1. The van der Waals surface area contributed by atoms with Gasteiger partial charge in [-0.05, 0) is 55.3 Å². The molecule has 38 heavy (non-hydrogen) atoms. The van der Waals surface area contributed by atoms with E-state index in [1.165, 1.54) is 24.9 Å². The molecule has 206 valence electrons. The van der Waals surface area contributed by atoms with E-state index in [-0.39, 0.29) is 12.5 Å². The van der Waals surface area contributed by atoms with Crippen LogP contribution >= 0.6 is 11.6 Å². The van der Waals surface area contributed by atoms with Gasteiger partial charge in [-0.15, -0.1) is 0 Å². The lowest BCUT2D eigenvalue weighted by atomic mass is 10.1. The van der Waals surface area contributed by atoms with Crippen LogP contribution in [0.1, 0.15) is 35.2 Å². The molecule has 6 nitrogen and oxygen atoms in total. The maximum Gasteiger partial charge on any atom is 0.390 e. The number of rotatable bonds is 7. The molecule has 1 amide bonds. The predicted molar refractivity (Wildman–Crippen MR) is 145 cm³/mol. The topological polar surface area (TPSA) is 42.1 Å². The second kappa shape index (κ2) is 11.8. The lowest BCUT2D eigenvalue weighted by Crippen LogP contribution is -2.49. The Bertz CT molecular complexity index is 1100. The fourth-order valence-corrected chi connectivity index (χ4v) is 5.95. The zero-order valence-corrected chi connectivity index (χ0v) is 22.3. The van der Waals surface area contributed by atoms with Gasteiger partial charge >= 0.3 is 6.18 Å². The molecular formula is C28H35ClF3N5O. The highest BCUT2D eigenvalue weighted by molar-refractivity contribution is 6.31. The summed E-state index contributed by atoms with van der Waals surface area (Å²) in [5, 5.41) is 3.56. The van der Waals surface area contributed by atoms with E-state index >= 15 is 0 Å². The number of fused-ring (bicyclic) bond motifs is 1. The lowest BCUT2D eigenvalue weighted by Gasteiger charge is -2.37. The van der Waals surface area contributed by atoms with E-state index < -0.39 is 12.6 Å². The maximum absolute atomic E-state index is 13.1. The highest BCUT2D eigenvalue weighted by atomic mass is 35.5. The molecule has 1 atom stereocenters. The molecule has 3 aliphatic heterocycles. The molecule has 0 spiro atoms. The third kappa shape index (κ3) is 7.00. The molecule has 0 unspecified atom stereocenters. The highest BCUT2D eigenvalue weighted by Gasteiger charge is 2.31. The molecule has 2 aromatic rings. The molecule has 0 aromatic heterocycles. The second-order valence-corrected chi connectivity index (χ2v) is 11.0. The molecular weight excluding hydrogens is 515 g/mol. The maximum atomic E-state index is 13.1. The molecule has 3 fully saturated rings. The van der Waals surface area contributed by atoms with E-state index in [1.807, 2.05) is 29.2 Å². The number of carbonyl (C=O) groups is 1. The van der Waals surface area contributed by atoms with Gasteiger partial charge in [0.15, 0.2) is 0 Å². The van der Waals surface area contributed by atoms with E-state index in [0.717, 1.165) is 31.9 Å². The first-order valence-electron chi connectivity index (χ1n) is 13.4. The lowest BCUT2D eigenvalue weighted by molar-refractivity contribution is -0.138. The number of carbonyl (C=O) groups excluding carboxylic acids is 1. The predicted octanol–water partition coefficient (Wildman–Crippen LogP) is 4.95. The molecule has 5 rings (SSSR count). The summed E-state index contributed by atoms with van der Waals surface area (Å²) in [6.07, 6.45) is -2.36. The summed E-state index contributed by atoms with van der Waals surface area (Å²) in [4.78, 5) is 22.1. The Morgan fingerprint density at radius 3 is 2.42 bits per heavy atom. The minimum Gasteiger partial charge on any atom is -0.367 e. The minimum atomic E-state index is -4.15. The summed E-state index contributed by atoms with van der Waals surface area (Å²) >= 11 is 6.26. The van der Waals surface area contributed by atoms with Gasteiger partial charge in [-0.1, -0.05) is 23.7 Å². The van der Waals surface area contributed by atoms with Crippen molar-refractivity contribution in [2.45, 2.75) is 38.0 Å². The molecule has 0 saturated carbocycles. The normalized spacial score (nSPS) is 21.5. The average molecular weight is 550 g/mol. The Hall–Kier alpha value is -2.33. The molecule has 0 bridgehead atoms. The number of halogens is 4. The van der Waals surface area contributed by atoms with Gasteiger partial charge in [-0.3, -0.25) is 19.5 Å². The summed E-state index contributed by atoms with van der Waals surface area (Å²) in [5.74, 6) is -0.205. The van der Waals surface area contributed by atoms with E-state index in [1.54, 1.807) is 18.2 Å². The summed E-state index contributed by atoms with van der Waals surface area (Å²) in [5.41, 5.74) is 3.20. The van der Waals surface area contributed by atoms with Crippen molar-refractivity contribution in [2.75, 3.05) is 69.1 Å². The van der Waals surface area contributed by atoms with Gasteiger partial charge in [-0.25, -0.2) is 0 Å². The zero-order chi connectivity index (χ0) is 26.7. The first-order valence-corrected chi connectivity index (χ1v) is 13.8. The molecule has 2 aromatic carbocycles. The number of amides is 1. The van der Waals surface area contributed by atoms with Crippen LogP contribution in [0, 0.1) is 0 Å². The Morgan fingerprint density at radius 2 is 1.68 bits per heavy atom. The van der Waals surface area contributed by atoms with Crippen molar-refractivity contribution < 1.29 is 18.0 Å². The van der Waals surface area contributed by atoms with Crippen LogP contribution in [0.4, 0.5) is 24.5 Å². The van der Waals surface area contributed by atoms with Crippen molar-refractivity contribution in [3.05, 3.63) is 58.6 Å². The van der Waals surface area contributed by atoms with Gasteiger partial charge < -0.3 is 10.2 Å².